The molecule has 8 aromatic carbocycles. The van der Waals surface area contributed by atoms with Gasteiger partial charge in [-0.1, -0.05) is 164 Å². The molecule has 3 heteroatoms. The van der Waals surface area contributed by atoms with Crippen molar-refractivity contribution in [1.29, 1.82) is 0 Å². The number of hydrogen-bond acceptors (Lipinski definition) is 3. The smallest absolute Gasteiger partial charge is 0.160 e. The molecule has 0 N–H and O–H groups in total. The van der Waals surface area contributed by atoms with Gasteiger partial charge in [0.1, 0.15) is 0 Å². The normalized spacial score (nSPS) is 11.3. The zero-order valence-corrected chi connectivity index (χ0v) is 30.7. The van der Waals surface area contributed by atoms with Gasteiger partial charge in [-0.2, -0.15) is 0 Å². The van der Waals surface area contributed by atoms with E-state index >= 15 is 0 Å². The van der Waals surface area contributed by atoms with Crippen molar-refractivity contribution in [3.63, 3.8) is 0 Å². The Morgan fingerprint density at radius 3 is 1.45 bits per heavy atom. The first-order valence-electron chi connectivity index (χ1n) is 18.6. The van der Waals surface area contributed by atoms with E-state index in [0.29, 0.717) is 5.82 Å². The van der Waals surface area contributed by atoms with Crippen LogP contribution in [-0.4, -0.2) is 9.97 Å². The molecule has 258 valence electrons. The van der Waals surface area contributed by atoms with E-state index in [-0.39, 0.29) is 0 Å². The van der Waals surface area contributed by atoms with E-state index in [1.54, 1.807) is 0 Å². The summed E-state index contributed by atoms with van der Waals surface area (Å²) >= 11 is 1.85. The van der Waals surface area contributed by atoms with Gasteiger partial charge >= 0.3 is 0 Å². The fourth-order valence-corrected chi connectivity index (χ4v) is 8.72. The third-order valence-corrected chi connectivity index (χ3v) is 11.5. The van der Waals surface area contributed by atoms with Gasteiger partial charge in [0.15, 0.2) is 5.82 Å². The summed E-state index contributed by atoms with van der Waals surface area (Å²) in [6.45, 7) is 0. The van der Waals surface area contributed by atoms with Crippen molar-refractivity contribution >= 4 is 31.5 Å². The third kappa shape index (κ3) is 6.31. The second kappa shape index (κ2) is 14.1. The molecule has 0 atom stereocenters. The highest BCUT2D eigenvalue weighted by molar-refractivity contribution is 7.25. The lowest BCUT2D eigenvalue weighted by Crippen LogP contribution is -1.97. The second-order valence-electron chi connectivity index (χ2n) is 13.8. The SMILES string of the molecule is c1ccc(-c2nc(-c3cc(-c4ccc5sc6ccccc6c5c4)cc(-c4ccccc4-c4ccccc4)c3)cc(-c3ccccc3-c3ccccc3)n2)cc1. The fraction of sp³-hybridized carbons (Fsp3) is 0. The molecule has 2 aromatic heterocycles. The minimum atomic E-state index is 0.693. The molecule has 0 aliphatic rings. The van der Waals surface area contributed by atoms with Crippen molar-refractivity contribution in [3.05, 3.63) is 206 Å². The zero-order chi connectivity index (χ0) is 36.6. The monoisotopic (exact) mass is 718 g/mol. The zero-order valence-electron chi connectivity index (χ0n) is 29.9. The summed E-state index contributed by atoms with van der Waals surface area (Å²) in [5.41, 5.74) is 14.1. The van der Waals surface area contributed by atoms with Crippen molar-refractivity contribution in [2.45, 2.75) is 0 Å². The van der Waals surface area contributed by atoms with Gasteiger partial charge in [-0.25, -0.2) is 9.97 Å². The lowest BCUT2D eigenvalue weighted by Gasteiger charge is -2.16. The summed E-state index contributed by atoms with van der Waals surface area (Å²) in [5, 5.41) is 2.57. The van der Waals surface area contributed by atoms with Crippen LogP contribution in [0.5, 0.6) is 0 Å². The van der Waals surface area contributed by atoms with Crippen LogP contribution in [0.2, 0.25) is 0 Å². The minimum Gasteiger partial charge on any atom is -0.228 e. The van der Waals surface area contributed by atoms with Crippen molar-refractivity contribution in [1.82, 2.24) is 9.97 Å². The van der Waals surface area contributed by atoms with E-state index in [2.05, 4.69) is 188 Å². The summed E-state index contributed by atoms with van der Waals surface area (Å²) in [6, 6.07) is 73.5. The minimum absolute atomic E-state index is 0.693. The molecule has 2 heterocycles. The largest absolute Gasteiger partial charge is 0.228 e. The Balaban J connectivity index is 1.22. The quantitative estimate of drug-likeness (QED) is 0.164. The molecule has 0 amide bonds. The van der Waals surface area contributed by atoms with Crippen LogP contribution in [0.25, 0.3) is 98.6 Å². The molecule has 0 spiro atoms. The van der Waals surface area contributed by atoms with E-state index in [9.17, 15) is 0 Å². The van der Waals surface area contributed by atoms with E-state index < -0.39 is 0 Å². The molecule has 0 fully saturated rings. The molecule has 0 aliphatic heterocycles. The predicted octanol–water partition coefficient (Wildman–Crippen LogP) is 14.5. The van der Waals surface area contributed by atoms with E-state index in [0.717, 1.165) is 50.3 Å². The van der Waals surface area contributed by atoms with Crippen LogP contribution in [0, 0.1) is 0 Å². The van der Waals surface area contributed by atoms with Crippen LogP contribution in [0.3, 0.4) is 0 Å². The third-order valence-electron chi connectivity index (χ3n) is 10.3. The highest BCUT2D eigenvalue weighted by atomic mass is 32.1. The Hall–Kier alpha value is -6.94. The van der Waals surface area contributed by atoms with Crippen molar-refractivity contribution in [2.24, 2.45) is 0 Å². The van der Waals surface area contributed by atoms with Crippen LogP contribution >= 0.6 is 11.3 Å². The van der Waals surface area contributed by atoms with Crippen LogP contribution in [0.4, 0.5) is 0 Å². The van der Waals surface area contributed by atoms with Crippen molar-refractivity contribution in [3.8, 4) is 78.4 Å². The topological polar surface area (TPSA) is 25.8 Å². The molecule has 0 saturated heterocycles. The molecule has 10 rings (SSSR count). The lowest BCUT2D eigenvalue weighted by atomic mass is 9.90. The number of nitrogens with zero attached hydrogens (tertiary/aromatic N) is 2. The van der Waals surface area contributed by atoms with Gasteiger partial charge in [0, 0.05) is 36.9 Å². The van der Waals surface area contributed by atoms with Gasteiger partial charge in [0.2, 0.25) is 0 Å². The summed E-state index contributed by atoms with van der Waals surface area (Å²) in [6.07, 6.45) is 0. The van der Waals surface area contributed by atoms with E-state index in [1.165, 1.54) is 42.4 Å². The molecule has 0 unspecified atom stereocenters. The molecule has 10 aromatic rings. The number of benzene rings is 8. The molecule has 0 bridgehead atoms. The number of rotatable bonds is 7. The van der Waals surface area contributed by atoms with E-state index in [4.69, 9.17) is 9.97 Å². The van der Waals surface area contributed by atoms with Gasteiger partial charge in [0.25, 0.3) is 0 Å². The van der Waals surface area contributed by atoms with Gasteiger partial charge in [0.05, 0.1) is 11.4 Å². The van der Waals surface area contributed by atoms with Crippen LogP contribution in [0.1, 0.15) is 0 Å². The molecule has 55 heavy (non-hydrogen) atoms. The first-order valence-corrected chi connectivity index (χ1v) is 19.4. The maximum absolute atomic E-state index is 5.33. The average molecular weight is 719 g/mol. The van der Waals surface area contributed by atoms with Crippen LogP contribution in [0.15, 0.2) is 206 Å². The van der Waals surface area contributed by atoms with E-state index in [1.807, 2.05) is 29.5 Å². The highest BCUT2D eigenvalue weighted by Crippen LogP contribution is 2.41. The number of hydrogen-bond donors (Lipinski definition) is 0. The Morgan fingerprint density at radius 2 is 0.764 bits per heavy atom. The summed E-state index contributed by atoms with van der Waals surface area (Å²) in [7, 11) is 0. The Morgan fingerprint density at radius 1 is 0.273 bits per heavy atom. The van der Waals surface area contributed by atoms with Gasteiger partial charge < -0.3 is 0 Å². The first kappa shape index (κ1) is 32.7. The fourth-order valence-electron chi connectivity index (χ4n) is 7.63. The average Bonchev–Trinajstić information content (AvgIpc) is 3.65. The molecule has 0 saturated carbocycles. The summed E-state index contributed by atoms with van der Waals surface area (Å²) < 4.78 is 2.60. The molecule has 0 radical (unpaired) electrons. The lowest BCUT2D eigenvalue weighted by molar-refractivity contribution is 1.18. The van der Waals surface area contributed by atoms with Crippen molar-refractivity contribution < 1.29 is 0 Å². The molecule has 2 nitrogen and oxygen atoms in total. The molecule has 0 aliphatic carbocycles. The number of thiophene rings is 1. The maximum Gasteiger partial charge on any atom is 0.160 e. The van der Waals surface area contributed by atoms with Gasteiger partial charge in [-0.15, -0.1) is 11.3 Å². The highest BCUT2D eigenvalue weighted by Gasteiger charge is 2.17. The first-order chi connectivity index (χ1) is 27.2. The Labute approximate surface area is 324 Å². The van der Waals surface area contributed by atoms with Crippen LogP contribution < -0.4 is 0 Å². The maximum atomic E-state index is 5.33. The van der Waals surface area contributed by atoms with Crippen LogP contribution in [-0.2, 0) is 0 Å². The predicted molar refractivity (Wildman–Crippen MR) is 233 cm³/mol. The number of fused-ring (bicyclic) bond motifs is 3. The molecular weight excluding hydrogens is 685 g/mol. The Kier molecular flexibility index (Phi) is 8.40. The standard InChI is InChI=1S/C52H34N2S/c1-4-16-35(17-5-1)42-22-10-11-24-44(42)40-30-39(38-28-29-51-47(33-38)46-26-14-15-27-50(46)55-51)31-41(32-40)48-34-49(54-52(53-48)37-20-8-3-9-21-37)45-25-13-12-23-43(45)36-18-6-2-7-19-36/h1-34H. The second-order valence-corrected chi connectivity index (χ2v) is 14.8. The Bertz CT molecular complexity index is 2970. The summed E-state index contributed by atoms with van der Waals surface area (Å²) in [4.78, 5) is 10.6. The number of aromatic nitrogens is 2. The van der Waals surface area contributed by atoms with Gasteiger partial charge in [-0.3, -0.25) is 0 Å². The van der Waals surface area contributed by atoms with Gasteiger partial charge in [-0.05, 0) is 87.0 Å². The molecular formula is C52H34N2S. The summed E-state index contributed by atoms with van der Waals surface area (Å²) in [5.74, 6) is 0.693. The van der Waals surface area contributed by atoms with Crippen molar-refractivity contribution in [2.75, 3.05) is 0 Å².